The molecule has 2 aliphatic heterocycles. The first-order chi connectivity index (χ1) is 9.79. The van der Waals surface area contributed by atoms with Gasteiger partial charge in [-0.05, 0) is 25.3 Å². The number of amides is 2. The van der Waals surface area contributed by atoms with Crippen molar-refractivity contribution in [1.29, 1.82) is 0 Å². The molecule has 0 unspecified atom stereocenters. The van der Waals surface area contributed by atoms with Crippen molar-refractivity contribution in [3.63, 3.8) is 0 Å². The van der Waals surface area contributed by atoms with Crippen LogP contribution in [0.5, 0.6) is 0 Å². The Labute approximate surface area is 127 Å². The predicted molar refractivity (Wildman–Crippen MR) is 82.8 cm³/mol. The van der Waals surface area contributed by atoms with Crippen molar-refractivity contribution in [3.05, 3.63) is 11.1 Å². The molecule has 2 N–H and O–H groups in total. The summed E-state index contributed by atoms with van der Waals surface area (Å²) in [6, 6.07) is 0.185. The van der Waals surface area contributed by atoms with Crippen LogP contribution < -0.4 is 10.6 Å². The first-order valence-corrected chi connectivity index (χ1v) is 7.78. The van der Waals surface area contributed by atoms with Crippen LogP contribution in [0, 0.1) is 5.41 Å². The molecule has 21 heavy (non-hydrogen) atoms. The molecule has 2 rings (SSSR count). The van der Waals surface area contributed by atoms with E-state index in [9.17, 15) is 9.59 Å². The molecule has 2 saturated heterocycles. The summed E-state index contributed by atoms with van der Waals surface area (Å²) < 4.78 is 0. The summed E-state index contributed by atoms with van der Waals surface area (Å²) in [6.45, 7) is 10.9. The number of nitrogens with zero attached hydrogens (tertiary/aromatic N) is 1. The first-order valence-electron chi connectivity index (χ1n) is 7.78. The Bertz CT molecular complexity index is 449. The molecule has 0 saturated carbocycles. The van der Waals surface area contributed by atoms with Gasteiger partial charge in [0.2, 0.25) is 11.8 Å². The van der Waals surface area contributed by atoms with Gasteiger partial charge in [0.25, 0.3) is 0 Å². The molecule has 2 heterocycles. The first kappa shape index (κ1) is 16.0. The maximum Gasteiger partial charge on any atom is 0.247 e. The highest BCUT2D eigenvalue weighted by Gasteiger charge is 2.31. The van der Waals surface area contributed by atoms with Crippen LogP contribution in [-0.4, -0.2) is 48.9 Å². The lowest BCUT2D eigenvalue weighted by molar-refractivity contribution is -0.140. The quantitative estimate of drug-likeness (QED) is 0.748. The Kier molecular flexibility index (Phi) is 4.71. The topological polar surface area (TPSA) is 61.4 Å². The van der Waals surface area contributed by atoms with Crippen LogP contribution in [0.3, 0.4) is 0 Å². The lowest BCUT2D eigenvalue weighted by Gasteiger charge is -2.36. The van der Waals surface area contributed by atoms with Crippen LogP contribution in [0.4, 0.5) is 0 Å². The number of carbonyl (C=O) groups excluding carboxylic acids is 2. The van der Waals surface area contributed by atoms with E-state index in [1.54, 1.807) is 0 Å². The third-order valence-electron chi connectivity index (χ3n) is 4.31. The minimum absolute atomic E-state index is 0.0482. The molecule has 0 radical (unpaired) electrons. The Morgan fingerprint density at radius 2 is 1.76 bits per heavy atom. The van der Waals surface area contributed by atoms with Gasteiger partial charge in [0.1, 0.15) is 0 Å². The van der Waals surface area contributed by atoms with E-state index in [0.29, 0.717) is 0 Å². The van der Waals surface area contributed by atoms with Crippen molar-refractivity contribution in [2.45, 2.75) is 46.6 Å². The molecular weight excluding hydrogens is 266 g/mol. The third kappa shape index (κ3) is 3.84. The van der Waals surface area contributed by atoms with Gasteiger partial charge >= 0.3 is 0 Å². The molecule has 0 atom stereocenters. The summed E-state index contributed by atoms with van der Waals surface area (Å²) in [4.78, 5) is 26.3. The number of rotatable bonds is 2. The average Bonchev–Trinajstić information content (AvgIpc) is 2.35. The van der Waals surface area contributed by atoms with Crippen molar-refractivity contribution in [2.75, 3.05) is 26.2 Å². The maximum atomic E-state index is 12.2. The van der Waals surface area contributed by atoms with Crippen LogP contribution in [0.15, 0.2) is 11.1 Å². The second-order valence-electron chi connectivity index (χ2n) is 7.12. The van der Waals surface area contributed by atoms with E-state index >= 15 is 0 Å². The SMILES string of the molecule is CC(C(=O)NC1CCN(C(=O)C(C)(C)C)CC1)=C1CNC1. The van der Waals surface area contributed by atoms with Crippen LogP contribution >= 0.6 is 0 Å². The predicted octanol–water partition coefficient (Wildman–Crippen LogP) is 1.06. The molecule has 2 fully saturated rings. The highest BCUT2D eigenvalue weighted by molar-refractivity contribution is 5.94. The Hall–Kier alpha value is -1.36. The number of carbonyl (C=O) groups is 2. The zero-order valence-corrected chi connectivity index (χ0v) is 13.6. The molecule has 0 aliphatic carbocycles. The molecule has 118 valence electrons. The average molecular weight is 293 g/mol. The maximum absolute atomic E-state index is 12.2. The van der Waals surface area contributed by atoms with Gasteiger partial charge in [-0.2, -0.15) is 0 Å². The number of hydrogen-bond donors (Lipinski definition) is 2. The molecule has 5 heteroatoms. The summed E-state index contributed by atoms with van der Waals surface area (Å²) in [5, 5.41) is 6.25. The number of hydrogen-bond acceptors (Lipinski definition) is 3. The zero-order valence-electron chi connectivity index (χ0n) is 13.6. The van der Waals surface area contributed by atoms with Crippen molar-refractivity contribution < 1.29 is 9.59 Å². The molecule has 2 aliphatic rings. The summed E-state index contributed by atoms with van der Waals surface area (Å²) in [5.74, 6) is 0.248. The minimum Gasteiger partial charge on any atom is -0.349 e. The molecule has 5 nitrogen and oxygen atoms in total. The number of likely N-dealkylation sites (tertiary alicyclic amines) is 1. The monoisotopic (exact) mass is 293 g/mol. The fraction of sp³-hybridized carbons (Fsp3) is 0.750. The summed E-state index contributed by atoms with van der Waals surface area (Å²) >= 11 is 0. The van der Waals surface area contributed by atoms with Gasteiger partial charge in [-0.15, -0.1) is 0 Å². The summed E-state index contributed by atoms with van der Waals surface area (Å²) in [6.07, 6.45) is 1.68. The van der Waals surface area contributed by atoms with E-state index in [4.69, 9.17) is 0 Å². The molecule has 0 aromatic carbocycles. The Morgan fingerprint density at radius 1 is 1.19 bits per heavy atom. The van der Waals surface area contributed by atoms with Gasteiger partial charge in [-0.3, -0.25) is 9.59 Å². The van der Waals surface area contributed by atoms with E-state index in [1.165, 1.54) is 5.57 Å². The van der Waals surface area contributed by atoms with Gasteiger partial charge in [-0.25, -0.2) is 0 Å². The molecule has 0 aromatic rings. The Balaban J connectivity index is 1.82. The lowest BCUT2D eigenvalue weighted by atomic mass is 9.93. The molecule has 0 bridgehead atoms. The van der Waals surface area contributed by atoms with Crippen LogP contribution in [0.25, 0.3) is 0 Å². The largest absolute Gasteiger partial charge is 0.349 e. The highest BCUT2D eigenvalue weighted by Crippen LogP contribution is 2.21. The van der Waals surface area contributed by atoms with E-state index in [-0.39, 0.29) is 23.3 Å². The van der Waals surface area contributed by atoms with Gasteiger partial charge in [-0.1, -0.05) is 20.8 Å². The molecular formula is C16H27N3O2. The molecule has 0 spiro atoms. The van der Waals surface area contributed by atoms with E-state index in [2.05, 4.69) is 10.6 Å². The fourth-order valence-electron chi connectivity index (χ4n) is 2.67. The molecule has 2 amide bonds. The Morgan fingerprint density at radius 3 is 2.19 bits per heavy atom. The van der Waals surface area contributed by atoms with Crippen LogP contribution in [0.2, 0.25) is 0 Å². The lowest BCUT2D eigenvalue weighted by Crippen LogP contribution is -2.49. The number of piperidine rings is 1. The van der Waals surface area contributed by atoms with E-state index in [1.807, 2.05) is 32.6 Å². The zero-order chi connectivity index (χ0) is 15.6. The summed E-state index contributed by atoms with van der Waals surface area (Å²) in [7, 11) is 0. The normalized spacial score (nSPS) is 20.0. The van der Waals surface area contributed by atoms with Crippen LogP contribution in [-0.2, 0) is 9.59 Å². The second kappa shape index (κ2) is 6.18. The van der Waals surface area contributed by atoms with Gasteiger partial charge < -0.3 is 15.5 Å². The molecule has 0 aromatic heterocycles. The third-order valence-corrected chi connectivity index (χ3v) is 4.31. The minimum atomic E-state index is -0.325. The summed E-state index contributed by atoms with van der Waals surface area (Å²) in [5.41, 5.74) is 1.73. The van der Waals surface area contributed by atoms with Crippen LogP contribution in [0.1, 0.15) is 40.5 Å². The van der Waals surface area contributed by atoms with Gasteiger partial charge in [0.15, 0.2) is 0 Å². The van der Waals surface area contributed by atoms with Crippen molar-refractivity contribution >= 4 is 11.8 Å². The van der Waals surface area contributed by atoms with E-state index < -0.39 is 0 Å². The standard InChI is InChI=1S/C16H27N3O2/c1-11(12-9-17-10-12)14(20)18-13-5-7-19(8-6-13)15(21)16(2,3)4/h13,17H,5-10H2,1-4H3,(H,18,20). The van der Waals surface area contributed by atoms with Gasteiger partial charge in [0, 0.05) is 43.2 Å². The fourth-order valence-corrected chi connectivity index (χ4v) is 2.67. The van der Waals surface area contributed by atoms with Crippen molar-refractivity contribution in [3.8, 4) is 0 Å². The number of nitrogens with one attached hydrogen (secondary N) is 2. The van der Waals surface area contributed by atoms with E-state index in [0.717, 1.165) is 44.6 Å². The smallest absolute Gasteiger partial charge is 0.247 e. The highest BCUT2D eigenvalue weighted by atomic mass is 16.2. The van der Waals surface area contributed by atoms with Crippen molar-refractivity contribution in [2.24, 2.45) is 5.41 Å². The van der Waals surface area contributed by atoms with Crippen molar-refractivity contribution in [1.82, 2.24) is 15.5 Å². The second-order valence-corrected chi connectivity index (χ2v) is 7.12. The van der Waals surface area contributed by atoms with Gasteiger partial charge in [0.05, 0.1) is 0 Å².